The van der Waals surface area contributed by atoms with Crippen molar-refractivity contribution in [2.75, 3.05) is 0 Å². The van der Waals surface area contributed by atoms with Crippen molar-refractivity contribution in [1.29, 1.82) is 0 Å². The summed E-state index contributed by atoms with van der Waals surface area (Å²) < 4.78 is 14.5. The smallest absolute Gasteiger partial charge is 0.233 e. The Bertz CT molecular complexity index is 588. The van der Waals surface area contributed by atoms with Crippen LogP contribution < -0.4 is 0 Å². The standard InChI is InChI=1S/C15H13BrFNO2/c16-10-5-6-13(17)9(7-10)8-18-14(19)11-3-1-2-4-12(11)15(18)20/h1-2,5-7,11-12H,3-4,8H2/t11-,12+. The van der Waals surface area contributed by atoms with Gasteiger partial charge in [0.1, 0.15) is 5.82 Å². The van der Waals surface area contributed by atoms with Crippen molar-refractivity contribution in [3.8, 4) is 0 Å². The molecule has 3 rings (SSSR count). The first-order chi connectivity index (χ1) is 9.58. The van der Waals surface area contributed by atoms with Crippen LogP contribution in [0.15, 0.2) is 34.8 Å². The van der Waals surface area contributed by atoms with Crippen LogP contribution in [0.25, 0.3) is 0 Å². The van der Waals surface area contributed by atoms with Gasteiger partial charge in [0.2, 0.25) is 11.8 Å². The number of halogens is 2. The second-order valence-electron chi connectivity index (χ2n) is 5.15. The van der Waals surface area contributed by atoms with Gasteiger partial charge in [-0.2, -0.15) is 0 Å². The number of allylic oxidation sites excluding steroid dienone is 2. The summed E-state index contributed by atoms with van der Waals surface area (Å²) in [6.45, 7) is 0.00986. The van der Waals surface area contributed by atoms with Gasteiger partial charge in [-0.15, -0.1) is 0 Å². The van der Waals surface area contributed by atoms with Crippen molar-refractivity contribution in [2.45, 2.75) is 19.4 Å². The molecule has 0 unspecified atom stereocenters. The number of imide groups is 1. The van der Waals surface area contributed by atoms with Crippen LogP contribution in [-0.4, -0.2) is 16.7 Å². The largest absolute Gasteiger partial charge is 0.277 e. The average molecular weight is 338 g/mol. The van der Waals surface area contributed by atoms with Crippen molar-refractivity contribution in [3.63, 3.8) is 0 Å². The summed E-state index contributed by atoms with van der Waals surface area (Å²) in [6, 6.07) is 4.53. The molecule has 0 saturated carbocycles. The number of benzene rings is 1. The minimum absolute atomic E-state index is 0.00986. The van der Waals surface area contributed by atoms with E-state index in [0.29, 0.717) is 18.4 Å². The number of hydrogen-bond acceptors (Lipinski definition) is 2. The molecule has 2 aliphatic rings. The highest BCUT2D eigenvalue weighted by Crippen LogP contribution is 2.36. The number of hydrogen-bond donors (Lipinski definition) is 0. The van der Waals surface area contributed by atoms with Gasteiger partial charge in [0.15, 0.2) is 0 Å². The van der Waals surface area contributed by atoms with E-state index in [2.05, 4.69) is 15.9 Å². The first-order valence-corrected chi connectivity index (χ1v) is 7.31. The van der Waals surface area contributed by atoms with Crippen molar-refractivity contribution < 1.29 is 14.0 Å². The zero-order valence-corrected chi connectivity index (χ0v) is 12.3. The number of carbonyl (C=O) groups is 2. The highest BCUT2D eigenvalue weighted by atomic mass is 79.9. The van der Waals surface area contributed by atoms with E-state index in [4.69, 9.17) is 0 Å². The minimum atomic E-state index is -0.401. The number of rotatable bonds is 2. The summed E-state index contributed by atoms with van der Waals surface area (Å²) in [4.78, 5) is 25.8. The molecule has 1 aliphatic heterocycles. The predicted octanol–water partition coefficient (Wildman–Crippen LogP) is 3.04. The molecule has 0 N–H and O–H groups in total. The molecule has 1 aliphatic carbocycles. The fourth-order valence-electron chi connectivity index (χ4n) is 2.86. The number of carbonyl (C=O) groups excluding carboxylic acids is 2. The third-order valence-corrected chi connectivity index (χ3v) is 4.43. The molecule has 1 aromatic rings. The van der Waals surface area contributed by atoms with Crippen molar-refractivity contribution in [3.05, 3.63) is 46.2 Å². The van der Waals surface area contributed by atoms with E-state index in [9.17, 15) is 14.0 Å². The lowest BCUT2D eigenvalue weighted by atomic mass is 9.85. The highest BCUT2D eigenvalue weighted by molar-refractivity contribution is 9.10. The van der Waals surface area contributed by atoms with E-state index in [1.807, 2.05) is 12.2 Å². The SMILES string of the molecule is O=C1[C@H]2CC=CC[C@H]2C(=O)N1Cc1cc(Br)ccc1F. The van der Waals surface area contributed by atoms with Gasteiger partial charge in [0, 0.05) is 10.0 Å². The van der Waals surface area contributed by atoms with Gasteiger partial charge in [-0.25, -0.2) is 4.39 Å². The number of amides is 2. The molecular weight excluding hydrogens is 325 g/mol. The molecule has 1 aromatic carbocycles. The molecule has 1 saturated heterocycles. The Hall–Kier alpha value is -1.49. The quantitative estimate of drug-likeness (QED) is 0.614. The summed E-state index contributed by atoms with van der Waals surface area (Å²) in [7, 11) is 0. The van der Waals surface area contributed by atoms with Gasteiger partial charge in [-0.05, 0) is 31.0 Å². The van der Waals surface area contributed by atoms with E-state index in [1.165, 1.54) is 11.0 Å². The molecule has 3 nitrogen and oxygen atoms in total. The monoisotopic (exact) mass is 337 g/mol. The molecule has 0 spiro atoms. The summed E-state index contributed by atoms with van der Waals surface area (Å²) in [5.74, 6) is -1.28. The molecule has 5 heteroatoms. The maximum Gasteiger partial charge on any atom is 0.233 e. The Morgan fingerprint density at radius 1 is 1.15 bits per heavy atom. The number of nitrogens with zero attached hydrogens (tertiary/aromatic N) is 1. The molecule has 20 heavy (non-hydrogen) atoms. The van der Waals surface area contributed by atoms with Gasteiger partial charge in [-0.3, -0.25) is 14.5 Å². The second-order valence-corrected chi connectivity index (χ2v) is 6.07. The van der Waals surface area contributed by atoms with Gasteiger partial charge in [0.05, 0.1) is 18.4 Å². The third kappa shape index (κ3) is 2.20. The van der Waals surface area contributed by atoms with E-state index in [0.717, 1.165) is 4.47 Å². The lowest BCUT2D eigenvalue weighted by Crippen LogP contribution is -2.30. The van der Waals surface area contributed by atoms with Crippen molar-refractivity contribution in [1.82, 2.24) is 4.90 Å². The first-order valence-electron chi connectivity index (χ1n) is 6.52. The predicted molar refractivity (Wildman–Crippen MR) is 75.0 cm³/mol. The Kier molecular flexibility index (Phi) is 3.46. The minimum Gasteiger partial charge on any atom is -0.277 e. The normalized spacial score (nSPS) is 25.2. The lowest BCUT2D eigenvalue weighted by molar-refractivity contribution is -0.140. The van der Waals surface area contributed by atoms with Crippen LogP contribution in [0.3, 0.4) is 0 Å². The van der Waals surface area contributed by atoms with Gasteiger partial charge < -0.3 is 0 Å². The van der Waals surface area contributed by atoms with Crippen LogP contribution in [0, 0.1) is 17.7 Å². The average Bonchev–Trinajstić information content (AvgIpc) is 2.68. The highest BCUT2D eigenvalue weighted by Gasteiger charge is 2.47. The molecule has 1 heterocycles. The van der Waals surface area contributed by atoms with Gasteiger partial charge in [0.25, 0.3) is 0 Å². The topological polar surface area (TPSA) is 37.4 Å². The molecule has 2 amide bonds. The Labute approximate surface area is 124 Å². The first kappa shape index (κ1) is 13.5. The van der Waals surface area contributed by atoms with Crippen LogP contribution in [0.5, 0.6) is 0 Å². The fourth-order valence-corrected chi connectivity index (χ4v) is 3.27. The molecule has 0 bridgehead atoms. The molecule has 0 radical (unpaired) electrons. The number of likely N-dealkylation sites (tertiary alicyclic amines) is 1. The van der Waals surface area contributed by atoms with Crippen LogP contribution in [0.2, 0.25) is 0 Å². The van der Waals surface area contributed by atoms with Crippen LogP contribution in [-0.2, 0) is 16.1 Å². The maximum atomic E-state index is 13.8. The van der Waals surface area contributed by atoms with E-state index >= 15 is 0 Å². The van der Waals surface area contributed by atoms with Crippen molar-refractivity contribution in [2.24, 2.45) is 11.8 Å². The lowest BCUT2D eigenvalue weighted by Gasteiger charge is -2.15. The summed E-state index contributed by atoms with van der Waals surface area (Å²) >= 11 is 3.27. The summed E-state index contributed by atoms with van der Waals surface area (Å²) in [5.41, 5.74) is 0.354. The molecule has 2 atom stereocenters. The van der Waals surface area contributed by atoms with Gasteiger partial charge in [-0.1, -0.05) is 28.1 Å². The Morgan fingerprint density at radius 3 is 2.35 bits per heavy atom. The Morgan fingerprint density at radius 2 is 1.75 bits per heavy atom. The molecular formula is C15H13BrFNO2. The Balaban J connectivity index is 1.86. The van der Waals surface area contributed by atoms with Gasteiger partial charge >= 0.3 is 0 Å². The third-order valence-electron chi connectivity index (χ3n) is 3.94. The van der Waals surface area contributed by atoms with Crippen LogP contribution in [0.4, 0.5) is 4.39 Å². The second kappa shape index (κ2) is 5.13. The zero-order valence-electron chi connectivity index (χ0n) is 10.7. The van der Waals surface area contributed by atoms with Crippen LogP contribution >= 0.6 is 15.9 Å². The molecule has 104 valence electrons. The molecule has 1 fully saturated rings. The maximum absolute atomic E-state index is 13.8. The number of fused-ring (bicyclic) bond motifs is 1. The molecule has 0 aromatic heterocycles. The van der Waals surface area contributed by atoms with E-state index in [-0.39, 0.29) is 30.2 Å². The fraction of sp³-hybridized carbons (Fsp3) is 0.333. The summed E-state index contributed by atoms with van der Waals surface area (Å²) in [5, 5.41) is 0. The van der Waals surface area contributed by atoms with E-state index < -0.39 is 5.82 Å². The zero-order chi connectivity index (χ0) is 14.3. The van der Waals surface area contributed by atoms with Crippen LogP contribution in [0.1, 0.15) is 18.4 Å². The van der Waals surface area contributed by atoms with Crippen molar-refractivity contribution >= 4 is 27.7 Å². The summed E-state index contributed by atoms with van der Waals surface area (Å²) in [6.07, 6.45) is 5.09. The van der Waals surface area contributed by atoms with E-state index in [1.54, 1.807) is 12.1 Å².